The first kappa shape index (κ1) is 17.5. The SMILES string of the molecule is CC(=O)Nc1cccc(-c2cc3c([nH]c4c(O)ccc(C)c43)c(C(N)=O)n2)c1. The van der Waals surface area contributed by atoms with E-state index in [1.54, 1.807) is 24.3 Å². The predicted octanol–water partition coefficient (Wildman–Crippen LogP) is 3.45. The topological polar surface area (TPSA) is 121 Å². The lowest BCUT2D eigenvalue weighted by Crippen LogP contribution is -2.14. The van der Waals surface area contributed by atoms with Gasteiger partial charge in [0.15, 0.2) is 5.69 Å². The molecule has 2 heterocycles. The van der Waals surface area contributed by atoms with E-state index >= 15 is 0 Å². The van der Waals surface area contributed by atoms with E-state index in [0.29, 0.717) is 22.4 Å². The number of aryl methyl sites for hydroxylation is 1. The molecule has 5 N–H and O–H groups in total. The van der Waals surface area contributed by atoms with E-state index in [2.05, 4.69) is 15.3 Å². The highest BCUT2D eigenvalue weighted by atomic mass is 16.3. The number of anilines is 1. The largest absolute Gasteiger partial charge is 0.506 e. The fourth-order valence-electron chi connectivity index (χ4n) is 3.45. The van der Waals surface area contributed by atoms with Gasteiger partial charge in [-0.2, -0.15) is 0 Å². The third-order valence-corrected chi connectivity index (χ3v) is 4.64. The summed E-state index contributed by atoms with van der Waals surface area (Å²) >= 11 is 0. The minimum Gasteiger partial charge on any atom is -0.506 e. The Morgan fingerprint density at radius 2 is 1.93 bits per heavy atom. The zero-order valence-electron chi connectivity index (χ0n) is 15.3. The number of aromatic hydroxyl groups is 1. The van der Waals surface area contributed by atoms with Crippen LogP contribution in [0.4, 0.5) is 5.69 Å². The number of hydrogen-bond donors (Lipinski definition) is 4. The summed E-state index contributed by atoms with van der Waals surface area (Å²) in [6, 6.07) is 12.4. The van der Waals surface area contributed by atoms with Crippen molar-refractivity contribution in [3.8, 4) is 17.0 Å². The third kappa shape index (κ3) is 2.83. The maximum atomic E-state index is 12.1. The van der Waals surface area contributed by atoms with Gasteiger partial charge in [-0.05, 0) is 36.8 Å². The monoisotopic (exact) mass is 374 g/mol. The van der Waals surface area contributed by atoms with Gasteiger partial charge in [-0.15, -0.1) is 0 Å². The zero-order valence-corrected chi connectivity index (χ0v) is 15.3. The summed E-state index contributed by atoms with van der Waals surface area (Å²) in [6.45, 7) is 3.36. The number of pyridine rings is 1. The molecule has 7 heteroatoms. The fourth-order valence-corrected chi connectivity index (χ4v) is 3.45. The van der Waals surface area contributed by atoms with Crippen LogP contribution in [0.5, 0.6) is 5.75 Å². The van der Waals surface area contributed by atoms with Crippen molar-refractivity contribution in [1.82, 2.24) is 9.97 Å². The number of carbonyl (C=O) groups excluding carboxylic acids is 2. The smallest absolute Gasteiger partial charge is 0.269 e. The average Bonchev–Trinajstić information content (AvgIpc) is 3.04. The molecule has 0 spiro atoms. The maximum absolute atomic E-state index is 12.1. The highest BCUT2D eigenvalue weighted by molar-refractivity contribution is 6.16. The van der Waals surface area contributed by atoms with E-state index in [9.17, 15) is 14.7 Å². The number of amides is 2. The summed E-state index contributed by atoms with van der Waals surface area (Å²) in [5, 5.41) is 14.5. The van der Waals surface area contributed by atoms with Crippen molar-refractivity contribution < 1.29 is 14.7 Å². The number of phenols is 1. The van der Waals surface area contributed by atoms with Gasteiger partial charge in [0.2, 0.25) is 5.91 Å². The fraction of sp³-hybridized carbons (Fsp3) is 0.0952. The Hall–Kier alpha value is -3.87. The van der Waals surface area contributed by atoms with E-state index in [-0.39, 0.29) is 17.4 Å². The molecule has 4 rings (SSSR count). The van der Waals surface area contributed by atoms with Gasteiger partial charge in [-0.3, -0.25) is 9.59 Å². The molecule has 0 aliphatic heterocycles. The average molecular weight is 374 g/mol. The highest BCUT2D eigenvalue weighted by Crippen LogP contribution is 2.36. The van der Waals surface area contributed by atoms with Crippen LogP contribution in [0.25, 0.3) is 33.1 Å². The predicted molar refractivity (Wildman–Crippen MR) is 108 cm³/mol. The number of H-pyrrole nitrogens is 1. The Kier molecular flexibility index (Phi) is 4.00. The van der Waals surface area contributed by atoms with Crippen LogP contribution < -0.4 is 11.1 Å². The van der Waals surface area contributed by atoms with Crippen LogP contribution in [0, 0.1) is 6.92 Å². The standard InChI is InChI=1S/C21H18N4O3/c1-10-6-7-16(27)19-17(10)14-9-15(24-20(21(22)28)18(14)25-19)12-4-3-5-13(8-12)23-11(2)26/h3-9,25,27H,1-2H3,(H2,22,28)(H,23,26). The lowest BCUT2D eigenvalue weighted by molar-refractivity contribution is -0.114. The van der Waals surface area contributed by atoms with Crippen LogP contribution in [0.2, 0.25) is 0 Å². The van der Waals surface area contributed by atoms with E-state index < -0.39 is 5.91 Å². The molecule has 0 aliphatic rings. The van der Waals surface area contributed by atoms with Gasteiger partial charge in [0, 0.05) is 28.9 Å². The van der Waals surface area contributed by atoms with E-state index in [1.165, 1.54) is 6.92 Å². The quantitative estimate of drug-likeness (QED) is 0.439. The molecule has 28 heavy (non-hydrogen) atoms. The molecule has 0 atom stereocenters. The van der Waals surface area contributed by atoms with Crippen LogP contribution in [0.1, 0.15) is 23.0 Å². The van der Waals surface area contributed by atoms with E-state index in [4.69, 9.17) is 5.73 Å². The Morgan fingerprint density at radius 1 is 1.14 bits per heavy atom. The number of hydrogen-bond acceptors (Lipinski definition) is 4. The number of carbonyl (C=O) groups is 2. The minimum atomic E-state index is -0.673. The van der Waals surface area contributed by atoms with Crippen molar-refractivity contribution in [3.05, 3.63) is 53.7 Å². The van der Waals surface area contributed by atoms with Crippen LogP contribution in [0.3, 0.4) is 0 Å². The summed E-state index contributed by atoms with van der Waals surface area (Å²) in [4.78, 5) is 31.0. The number of aromatic nitrogens is 2. The molecule has 140 valence electrons. The number of nitrogens with two attached hydrogens (primary N) is 1. The summed E-state index contributed by atoms with van der Waals surface area (Å²) < 4.78 is 0. The molecule has 2 aromatic carbocycles. The Morgan fingerprint density at radius 3 is 2.64 bits per heavy atom. The van der Waals surface area contributed by atoms with Gasteiger partial charge in [-0.25, -0.2) is 4.98 Å². The molecule has 4 aromatic rings. The van der Waals surface area contributed by atoms with Gasteiger partial charge >= 0.3 is 0 Å². The zero-order chi connectivity index (χ0) is 20.0. The second kappa shape index (κ2) is 6.38. The molecule has 2 amide bonds. The van der Waals surface area contributed by atoms with Crippen molar-refractivity contribution in [2.45, 2.75) is 13.8 Å². The van der Waals surface area contributed by atoms with Crippen molar-refractivity contribution >= 4 is 39.3 Å². The number of phenolic OH excluding ortho intramolecular Hbond substituents is 1. The molecule has 0 saturated heterocycles. The number of primary amides is 1. The number of rotatable bonds is 3. The number of nitrogens with one attached hydrogen (secondary N) is 2. The summed E-state index contributed by atoms with van der Waals surface area (Å²) in [5.74, 6) is -0.767. The molecular weight excluding hydrogens is 356 g/mol. The van der Waals surface area contributed by atoms with Gasteiger partial charge < -0.3 is 21.1 Å². The lowest BCUT2D eigenvalue weighted by Gasteiger charge is -2.08. The molecule has 0 radical (unpaired) electrons. The molecule has 7 nitrogen and oxygen atoms in total. The van der Waals surface area contributed by atoms with E-state index in [1.807, 2.05) is 25.1 Å². The lowest BCUT2D eigenvalue weighted by atomic mass is 10.0. The summed E-state index contributed by atoms with van der Waals surface area (Å²) in [7, 11) is 0. The molecule has 0 bridgehead atoms. The van der Waals surface area contributed by atoms with Crippen molar-refractivity contribution in [2.75, 3.05) is 5.32 Å². The number of fused-ring (bicyclic) bond motifs is 3. The normalized spacial score (nSPS) is 11.1. The first-order valence-corrected chi connectivity index (χ1v) is 8.68. The van der Waals surface area contributed by atoms with Crippen molar-refractivity contribution in [2.24, 2.45) is 5.73 Å². The van der Waals surface area contributed by atoms with Gasteiger partial charge in [0.1, 0.15) is 5.75 Å². The van der Waals surface area contributed by atoms with Crippen LogP contribution in [0.15, 0.2) is 42.5 Å². The summed E-state index contributed by atoms with van der Waals surface area (Å²) in [6.07, 6.45) is 0. The number of aromatic amines is 1. The van der Waals surface area contributed by atoms with Crippen molar-refractivity contribution in [1.29, 1.82) is 0 Å². The van der Waals surface area contributed by atoms with Gasteiger partial charge in [0.05, 0.1) is 16.7 Å². The van der Waals surface area contributed by atoms with Crippen LogP contribution in [-0.4, -0.2) is 26.9 Å². The minimum absolute atomic E-state index is 0.0847. The second-order valence-corrected chi connectivity index (χ2v) is 6.68. The van der Waals surface area contributed by atoms with E-state index in [0.717, 1.165) is 21.9 Å². The summed E-state index contributed by atoms with van der Waals surface area (Å²) in [5.41, 5.74) is 9.51. The van der Waals surface area contributed by atoms with Crippen LogP contribution in [-0.2, 0) is 4.79 Å². The molecular formula is C21H18N4O3. The Labute approximate surface area is 160 Å². The van der Waals surface area contributed by atoms with Crippen LogP contribution >= 0.6 is 0 Å². The van der Waals surface area contributed by atoms with Gasteiger partial charge in [0.25, 0.3) is 5.91 Å². The molecule has 2 aromatic heterocycles. The van der Waals surface area contributed by atoms with Crippen molar-refractivity contribution in [3.63, 3.8) is 0 Å². The number of nitrogens with zero attached hydrogens (tertiary/aromatic N) is 1. The first-order chi connectivity index (χ1) is 13.3. The molecule has 0 unspecified atom stereocenters. The molecule has 0 aliphatic carbocycles. The Bertz CT molecular complexity index is 1270. The highest BCUT2D eigenvalue weighted by Gasteiger charge is 2.19. The first-order valence-electron chi connectivity index (χ1n) is 8.68. The van der Waals surface area contributed by atoms with Gasteiger partial charge in [-0.1, -0.05) is 18.2 Å². The third-order valence-electron chi connectivity index (χ3n) is 4.64. The molecule has 0 saturated carbocycles. The maximum Gasteiger partial charge on any atom is 0.269 e. The Balaban J connectivity index is 2.03. The molecule has 0 fully saturated rings. The number of benzene rings is 2. The second-order valence-electron chi connectivity index (χ2n) is 6.68.